The number of ether oxygens (including phenoxy) is 2. The van der Waals surface area contributed by atoms with E-state index in [2.05, 4.69) is 11.4 Å². The molecule has 0 bridgehead atoms. The minimum Gasteiger partial charge on any atom is -0.490 e. The number of hydrogen-bond acceptors (Lipinski definition) is 5. The summed E-state index contributed by atoms with van der Waals surface area (Å²) in [5.41, 5.74) is 0.268. The van der Waals surface area contributed by atoms with Crippen molar-refractivity contribution >= 4 is 17.7 Å². The number of benzene rings is 1. The van der Waals surface area contributed by atoms with Gasteiger partial charge < -0.3 is 14.8 Å². The zero-order chi connectivity index (χ0) is 16.3. The molecule has 0 spiro atoms. The summed E-state index contributed by atoms with van der Waals surface area (Å²) in [6.45, 7) is 2.82. The smallest absolute Gasteiger partial charge is 0.228 e. The van der Waals surface area contributed by atoms with E-state index in [1.807, 2.05) is 25.1 Å². The summed E-state index contributed by atoms with van der Waals surface area (Å²) in [6, 6.07) is 8.03. The van der Waals surface area contributed by atoms with Crippen molar-refractivity contribution in [2.75, 3.05) is 24.7 Å². The molecule has 1 amide bonds. The first kappa shape index (κ1) is 16.0. The Morgan fingerprint density at radius 1 is 1.61 bits per heavy atom. The summed E-state index contributed by atoms with van der Waals surface area (Å²) >= 11 is 1.71. The monoisotopic (exact) mass is 332 g/mol. The fraction of sp³-hybridized carbons (Fsp3) is 0.529. The van der Waals surface area contributed by atoms with E-state index in [1.54, 1.807) is 11.8 Å². The molecule has 122 valence electrons. The standard InChI is InChI=1S/C17H20N2O3S/c1-2-21-14-5-3-4-12-8-13(9-22-15(12)14)16(20)19-17(10-18)6-7-23-11-17/h3-5,13H,2,6-9,11H2,1H3,(H,19,20)/t13-,17-/m1/s1. The highest BCUT2D eigenvalue weighted by atomic mass is 32.2. The zero-order valence-electron chi connectivity index (χ0n) is 13.1. The average molecular weight is 332 g/mol. The molecular weight excluding hydrogens is 312 g/mol. The number of amides is 1. The second kappa shape index (κ2) is 6.71. The van der Waals surface area contributed by atoms with Crippen molar-refractivity contribution in [1.29, 1.82) is 5.26 Å². The number of carbonyl (C=O) groups is 1. The van der Waals surface area contributed by atoms with Gasteiger partial charge in [-0.1, -0.05) is 12.1 Å². The van der Waals surface area contributed by atoms with Crippen molar-refractivity contribution in [3.8, 4) is 17.6 Å². The lowest BCUT2D eigenvalue weighted by molar-refractivity contribution is -0.127. The molecule has 2 aliphatic rings. The number of nitriles is 1. The lowest BCUT2D eigenvalue weighted by Gasteiger charge is -2.29. The lowest BCUT2D eigenvalue weighted by Crippen LogP contribution is -2.51. The second-order valence-electron chi connectivity index (χ2n) is 5.88. The second-order valence-corrected chi connectivity index (χ2v) is 6.98. The predicted molar refractivity (Wildman–Crippen MR) is 88.7 cm³/mol. The molecule has 1 saturated heterocycles. The Labute approximate surface area is 140 Å². The number of thioether (sulfide) groups is 1. The Hall–Kier alpha value is -1.87. The van der Waals surface area contributed by atoms with Crippen molar-refractivity contribution in [1.82, 2.24) is 5.32 Å². The summed E-state index contributed by atoms with van der Waals surface area (Å²) in [6.07, 6.45) is 1.31. The molecule has 0 saturated carbocycles. The van der Waals surface area contributed by atoms with Crippen LogP contribution in [0.5, 0.6) is 11.5 Å². The number of nitrogens with one attached hydrogen (secondary N) is 1. The molecule has 2 atom stereocenters. The van der Waals surface area contributed by atoms with Gasteiger partial charge in [-0.05, 0) is 37.1 Å². The third-order valence-electron chi connectivity index (χ3n) is 4.22. The van der Waals surface area contributed by atoms with Crippen LogP contribution in [0.4, 0.5) is 0 Å². The van der Waals surface area contributed by atoms with Crippen LogP contribution in [0, 0.1) is 17.2 Å². The Kier molecular flexibility index (Phi) is 4.67. The van der Waals surface area contributed by atoms with E-state index >= 15 is 0 Å². The third kappa shape index (κ3) is 3.25. The van der Waals surface area contributed by atoms with E-state index in [1.165, 1.54) is 0 Å². The summed E-state index contributed by atoms with van der Waals surface area (Å²) in [5, 5.41) is 12.3. The van der Waals surface area contributed by atoms with Crippen LogP contribution in [-0.4, -0.2) is 36.2 Å². The SMILES string of the molecule is CCOc1cccc2c1OC[C@H](C(=O)N[C@@]1(C#N)CCSC1)C2. The van der Waals surface area contributed by atoms with Gasteiger partial charge in [0, 0.05) is 5.75 Å². The first-order valence-electron chi connectivity index (χ1n) is 7.86. The van der Waals surface area contributed by atoms with Crippen LogP contribution >= 0.6 is 11.8 Å². The quantitative estimate of drug-likeness (QED) is 0.915. The van der Waals surface area contributed by atoms with Crippen molar-refractivity contribution < 1.29 is 14.3 Å². The summed E-state index contributed by atoms with van der Waals surface area (Å²) in [5.74, 6) is 2.68. The van der Waals surface area contributed by atoms with Crippen molar-refractivity contribution in [3.05, 3.63) is 23.8 Å². The van der Waals surface area contributed by atoms with Gasteiger partial charge in [0.15, 0.2) is 11.5 Å². The van der Waals surface area contributed by atoms with E-state index in [-0.39, 0.29) is 11.8 Å². The van der Waals surface area contributed by atoms with Gasteiger partial charge in [0.2, 0.25) is 5.91 Å². The fourth-order valence-electron chi connectivity index (χ4n) is 2.95. The normalized spacial score (nSPS) is 25.8. The highest BCUT2D eigenvalue weighted by Crippen LogP contribution is 2.36. The highest BCUT2D eigenvalue weighted by Gasteiger charge is 2.38. The maximum atomic E-state index is 12.6. The Morgan fingerprint density at radius 3 is 3.17 bits per heavy atom. The van der Waals surface area contributed by atoms with Gasteiger partial charge in [0.25, 0.3) is 0 Å². The van der Waals surface area contributed by atoms with Crippen LogP contribution in [0.1, 0.15) is 18.9 Å². The predicted octanol–water partition coefficient (Wildman–Crippen LogP) is 2.15. The lowest BCUT2D eigenvalue weighted by atomic mass is 9.93. The first-order chi connectivity index (χ1) is 11.2. The average Bonchev–Trinajstić information content (AvgIpc) is 3.04. The van der Waals surface area contributed by atoms with Crippen LogP contribution in [0.25, 0.3) is 0 Å². The van der Waals surface area contributed by atoms with E-state index in [9.17, 15) is 10.1 Å². The van der Waals surface area contributed by atoms with Gasteiger partial charge in [0.05, 0.1) is 18.6 Å². The summed E-state index contributed by atoms with van der Waals surface area (Å²) in [4.78, 5) is 12.6. The van der Waals surface area contributed by atoms with Crippen molar-refractivity contribution in [3.63, 3.8) is 0 Å². The number of hydrogen-bond donors (Lipinski definition) is 1. The van der Waals surface area contributed by atoms with Crippen molar-refractivity contribution in [2.45, 2.75) is 25.3 Å². The molecule has 23 heavy (non-hydrogen) atoms. The molecular formula is C17H20N2O3S. The number of fused-ring (bicyclic) bond motifs is 1. The molecule has 0 radical (unpaired) electrons. The largest absolute Gasteiger partial charge is 0.490 e. The minimum atomic E-state index is -0.713. The van der Waals surface area contributed by atoms with Crippen LogP contribution in [0.2, 0.25) is 0 Å². The van der Waals surface area contributed by atoms with Gasteiger partial charge in [-0.15, -0.1) is 0 Å². The molecule has 0 aliphatic carbocycles. The molecule has 1 aromatic rings. The topological polar surface area (TPSA) is 71.3 Å². The van der Waals surface area contributed by atoms with E-state index in [4.69, 9.17) is 9.47 Å². The van der Waals surface area contributed by atoms with E-state index in [0.29, 0.717) is 31.8 Å². The van der Waals surface area contributed by atoms with Gasteiger partial charge in [0.1, 0.15) is 12.1 Å². The maximum Gasteiger partial charge on any atom is 0.228 e. The Bertz CT molecular complexity index is 635. The molecule has 6 heteroatoms. The highest BCUT2D eigenvalue weighted by molar-refractivity contribution is 7.99. The van der Waals surface area contributed by atoms with E-state index < -0.39 is 5.54 Å². The third-order valence-corrected chi connectivity index (χ3v) is 5.41. The molecule has 0 unspecified atom stereocenters. The van der Waals surface area contributed by atoms with Gasteiger partial charge in [-0.2, -0.15) is 17.0 Å². The van der Waals surface area contributed by atoms with Crippen LogP contribution in [0.15, 0.2) is 18.2 Å². The van der Waals surface area contributed by atoms with Gasteiger partial charge >= 0.3 is 0 Å². The Morgan fingerprint density at radius 2 is 2.48 bits per heavy atom. The minimum absolute atomic E-state index is 0.0958. The van der Waals surface area contributed by atoms with Gasteiger partial charge in [-0.3, -0.25) is 4.79 Å². The number of nitrogens with zero attached hydrogens (tertiary/aromatic N) is 1. The van der Waals surface area contributed by atoms with Crippen molar-refractivity contribution in [2.24, 2.45) is 5.92 Å². The summed E-state index contributed by atoms with van der Waals surface area (Å²) < 4.78 is 11.4. The summed E-state index contributed by atoms with van der Waals surface area (Å²) in [7, 11) is 0. The Balaban J connectivity index is 1.71. The molecule has 2 heterocycles. The molecule has 1 N–H and O–H groups in total. The van der Waals surface area contributed by atoms with Crippen LogP contribution in [-0.2, 0) is 11.2 Å². The van der Waals surface area contributed by atoms with E-state index in [0.717, 1.165) is 22.8 Å². The maximum absolute atomic E-state index is 12.6. The number of rotatable bonds is 4. The van der Waals surface area contributed by atoms with Crippen LogP contribution in [0.3, 0.4) is 0 Å². The first-order valence-corrected chi connectivity index (χ1v) is 9.01. The number of carbonyl (C=O) groups excluding carboxylic acids is 1. The molecule has 2 aliphatic heterocycles. The molecule has 1 aromatic carbocycles. The van der Waals surface area contributed by atoms with Gasteiger partial charge in [-0.25, -0.2) is 0 Å². The number of para-hydroxylation sites is 1. The van der Waals surface area contributed by atoms with Crippen LogP contribution < -0.4 is 14.8 Å². The molecule has 3 rings (SSSR count). The molecule has 1 fully saturated rings. The zero-order valence-corrected chi connectivity index (χ0v) is 13.9. The molecule has 0 aromatic heterocycles. The fourth-order valence-corrected chi connectivity index (χ4v) is 4.22. The molecule has 5 nitrogen and oxygen atoms in total.